The second-order valence-electron chi connectivity index (χ2n) is 13.4. The molecule has 2 saturated carbocycles. The monoisotopic (exact) mass is 599 g/mol. The summed E-state index contributed by atoms with van der Waals surface area (Å²) >= 11 is 0. The van der Waals surface area contributed by atoms with Gasteiger partial charge in [-0.15, -0.1) is 0 Å². The van der Waals surface area contributed by atoms with Crippen molar-refractivity contribution in [3.63, 3.8) is 0 Å². The van der Waals surface area contributed by atoms with Gasteiger partial charge in [0.05, 0.1) is 24.0 Å². The van der Waals surface area contributed by atoms with Gasteiger partial charge in [-0.1, -0.05) is 6.07 Å². The highest BCUT2D eigenvalue weighted by molar-refractivity contribution is 6.00. The minimum Gasteiger partial charge on any atom is -0.494 e. The average Bonchev–Trinajstić information content (AvgIpc) is 3.26. The van der Waals surface area contributed by atoms with E-state index in [0.717, 1.165) is 70.8 Å². The van der Waals surface area contributed by atoms with Gasteiger partial charge in [0, 0.05) is 72.9 Å². The highest BCUT2D eigenvalue weighted by atomic mass is 16.5. The average molecular weight is 600 g/mol. The number of carbonyl (C=O) groups is 1. The third kappa shape index (κ3) is 4.06. The first-order valence-corrected chi connectivity index (χ1v) is 16.0. The lowest BCUT2D eigenvalue weighted by Gasteiger charge is -2.27. The van der Waals surface area contributed by atoms with Gasteiger partial charge in [0.1, 0.15) is 16.9 Å². The number of methoxy groups -OCH3 is 1. The Bertz CT molecular complexity index is 2170. The summed E-state index contributed by atoms with van der Waals surface area (Å²) in [5.74, 6) is 2.53. The van der Waals surface area contributed by atoms with Gasteiger partial charge in [-0.05, 0) is 86.1 Å². The van der Waals surface area contributed by atoms with E-state index in [-0.39, 0.29) is 18.0 Å². The third-order valence-electron chi connectivity index (χ3n) is 10.6. The van der Waals surface area contributed by atoms with Gasteiger partial charge >= 0.3 is 0 Å². The van der Waals surface area contributed by atoms with Crippen molar-refractivity contribution in [3.05, 3.63) is 66.4 Å². The molecule has 3 unspecified atom stereocenters. The molecule has 2 bridgehead atoms. The Labute approximate surface area is 261 Å². The lowest BCUT2D eigenvalue weighted by atomic mass is 10.1. The van der Waals surface area contributed by atoms with Gasteiger partial charge < -0.3 is 29.1 Å². The number of nitrogens with zero attached hydrogens (tertiary/aromatic N) is 6. The molecule has 3 atom stereocenters. The van der Waals surface area contributed by atoms with Crippen LogP contribution in [0, 0.1) is 11.8 Å². The Balaban J connectivity index is 1.15. The molecule has 3 aliphatic rings. The molecule has 9 rings (SSSR count). The maximum Gasteiger partial charge on any atom is 0.254 e. The molecule has 0 spiro atoms. The van der Waals surface area contributed by atoms with Gasteiger partial charge in [0.25, 0.3) is 5.91 Å². The zero-order chi connectivity index (χ0) is 30.6. The number of likely N-dealkylation sites (tertiary alicyclic amines) is 1. The van der Waals surface area contributed by atoms with Crippen LogP contribution in [0.4, 0.5) is 0 Å². The van der Waals surface area contributed by atoms with Gasteiger partial charge in [0.2, 0.25) is 0 Å². The SMILES string of the molecule is COc1cc(C(=O)N2CC3CCC2C3N)cc2nc(-c3cc4ccc(-c5ccc6c(ccn6C)c5)nc4n3CC3CC3)n(C)c12. The molecule has 45 heavy (non-hydrogen) atoms. The van der Waals surface area contributed by atoms with E-state index < -0.39 is 0 Å². The molecule has 2 aromatic carbocycles. The molecule has 1 aliphatic heterocycles. The van der Waals surface area contributed by atoms with Crippen LogP contribution in [0.1, 0.15) is 36.0 Å². The van der Waals surface area contributed by atoms with Gasteiger partial charge in [-0.2, -0.15) is 0 Å². The first kappa shape index (κ1) is 26.7. The quantitative estimate of drug-likeness (QED) is 0.264. The van der Waals surface area contributed by atoms with Crippen LogP contribution in [0.5, 0.6) is 5.75 Å². The highest BCUT2D eigenvalue weighted by Gasteiger charge is 2.47. The maximum absolute atomic E-state index is 13.7. The molecule has 0 radical (unpaired) electrons. The molecule has 2 N–H and O–H groups in total. The number of ether oxygens (including phenoxy) is 1. The number of imidazole rings is 1. The van der Waals surface area contributed by atoms with Crippen molar-refractivity contribution in [3.8, 4) is 28.5 Å². The Morgan fingerprint density at radius 3 is 2.60 bits per heavy atom. The highest BCUT2D eigenvalue weighted by Crippen LogP contribution is 2.40. The summed E-state index contributed by atoms with van der Waals surface area (Å²) in [4.78, 5) is 26.1. The van der Waals surface area contributed by atoms with Crippen LogP contribution in [-0.4, -0.2) is 60.2 Å². The molecule has 1 saturated heterocycles. The molecule has 6 aromatic rings. The molecule has 4 aromatic heterocycles. The smallest absolute Gasteiger partial charge is 0.254 e. The number of aryl methyl sites for hydroxylation is 2. The summed E-state index contributed by atoms with van der Waals surface area (Å²) < 4.78 is 12.5. The minimum absolute atomic E-state index is 0.0123. The molecule has 5 heterocycles. The van der Waals surface area contributed by atoms with Crippen molar-refractivity contribution < 1.29 is 9.53 Å². The van der Waals surface area contributed by atoms with Gasteiger partial charge in [-0.3, -0.25) is 4.79 Å². The number of benzene rings is 2. The maximum atomic E-state index is 13.7. The lowest BCUT2D eigenvalue weighted by molar-refractivity contribution is 0.0700. The first-order chi connectivity index (χ1) is 21.9. The van der Waals surface area contributed by atoms with Gasteiger partial charge in [0.15, 0.2) is 5.82 Å². The molecule has 9 heteroatoms. The summed E-state index contributed by atoms with van der Waals surface area (Å²) in [6.07, 6.45) is 6.64. The Morgan fingerprint density at radius 2 is 1.84 bits per heavy atom. The number of hydrogen-bond acceptors (Lipinski definition) is 5. The summed E-state index contributed by atoms with van der Waals surface area (Å²) in [5, 5.41) is 2.29. The third-order valence-corrected chi connectivity index (χ3v) is 10.6. The zero-order valence-corrected chi connectivity index (χ0v) is 25.9. The molecule has 3 fully saturated rings. The van der Waals surface area contributed by atoms with E-state index in [1.54, 1.807) is 7.11 Å². The zero-order valence-electron chi connectivity index (χ0n) is 25.9. The Kier molecular flexibility index (Phi) is 5.75. The predicted molar refractivity (Wildman–Crippen MR) is 176 cm³/mol. The van der Waals surface area contributed by atoms with Crippen LogP contribution in [0.25, 0.3) is 55.7 Å². The van der Waals surface area contributed by atoms with Gasteiger partial charge in [-0.25, -0.2) is 9.97 Å². The Hall–Kier alpha value is -4.63. The number of amides is 1. The van der Waals surface area contributed by atoms with E-state index in [1.165, 1.54) is 23.7 Å². The van der Waals surface area contributed by atoms with Crippen molar-refractivity contribution in [1.82, 2.24) is 28.6 Å². The van der Waals surface area contributed by atoms with Crippen LogP contribution in [0.3, 0.4) is 0 Å². The summed E-state index contributed by atoms with van der Waals surface area (Å²) in [5.41, 5.74) is 13.9. The van der Waals surface area contributed by atoms with E-state index in [4.69, 9.17) is 20.4 Å². The van der Waals surface area contributed by atoms with Crippen LogP contribution >= 0.6 is 0 Å². The van der Waals surface area contributed by atoms with Crippen LogP contribution in [-0.2, 0) is 20.6 Å². The number of aromatic nitrogens is 5. The second-order valence-corrected chi connectivity index (χ2v) is 13.4. The summed E-state index contributed by atoms with van der Waals surface area (Å²) in [7, 11) is 5.76. The van der Waals surface area contributed by atoms with Crippen molar-refractivity contribution >= 4 is 38.9 Å². The van der Waals surface area contributed by atoms with Crippen molar-refractivity contribution in [1.29, 1.82) is 0 Å². The number of piperidine rings is 1. The molecular weight excluding hydrogens is 562 g/mol. The Morgan fingerprint density at radius 1 is 0.978 bits per heavy atom. The standard InChI is InChI=1S/C36H37N7O2/c1-40-13-12-22-14-21(7-10-28(22)40)26-9-6-23-16-30(42(34(23)38-26)18-20-4-5-20)35-39-27-15-25(17-31(45-3)33(27)41(35)2)36(44)43-19-24-8-11-29(43)32(24)37/h6-7,9-10,12-17,20,24,29,32H,4-5,8,11,18-19,37H2,1-3H3. The van der Waals surface area contributed by atoms with Crippen LogP contribution < -0.4 is 10.5 Å². The van der Waals surface area contributed by atoms with E-state index in [1.807, 2.05) is 24.1 Å². The number of nitrogens with two attached hydrogens (primary N) is 1. The topological polar surface area (TPSA) is 96.1 Å². The summed E-state index contributed by atoms with van der Waals surface area (Å²) in [6.45, 7) is 1.63. The predicted octanol–water partition coefficient (Wildman–Crippen LogP) is 5.73. The van der Waals surface area contributed by atoms with E-state index >= 15 is 0 Å². The van der Waals surface area contributed by atoms with E-state index in [0.29, 0.717) is 23.1 Å². The second kappa shape index (κ2) is 9.68. The van der Waals surface area contributed by atoms with Crippen molar-refractivity contribution in [2.45, 2.75) is 44.3 Å². The van der Waals surface area contributed by atoms with Crippen LogP contribution in [0.2, 0.25) is 0 Å². The minimum atomic E-state index is 0.0123. The van der Waals surface area contributed by atoms with E-state index in [9.17, 15) is 4.79 Å². The normalized spacial score (nSPS) is 21.2. The molecule has 9 nitrogen and oxygen atoms in total. The van der Waals surface area contributed by atoms with Crippen LogP contribution in [0.15, 0.2) is 60.8 Å². The van der Waals surface area contributed by atoms with Crippen molar-refractivity contribution in [2.75, 3.05) is 13.7 Å². The van der Waals surface area contributed by atoms with Crippen molar-refractivity contribution in [2.24, 2.45) is 31.7 Å². The fourth-order valence-corrected chi connectivity index (χ4v) is 7.92. The molecule has 2 aliphatic carbocycles. The molecule has 228 valence electrons. The fraction of sp³-hybridized carbons (Fsp3) is 0.361. The molecule has 1 amide bonds. The number of fused-ring (bicyclic) bond motifs is 5. The fourth-order valence-electron chi connectivity index (χ4n) is 7.92. The lowest BCUT2D eigenvalue weighted by Crippen LogP contribution is -2.41. The number of pyridine rings is 1. The number of rotatable bonds is 6. The largest absolute Gasteiger partial charge is 0.494 e. The number of carbonyl (C=O) groups excluding carboxylic acids is 1. The molecular formula is C36H37N7O2. The summed E-state index contributed by atoms with van der Waals surface area (Å²) in [6, 6.07) is 19.2. The van der Waals surface area contributed by atoms with E-state index in [2.05, 4.69) is 69.4 Å². The number of hydrogen-bond donors (Lipinski definition) is 1. The first-order valence-electron chi connectivity index (χ1n) is 16.0.